The van der Waals surface area contributed by atoms with Crippen LogP contribution >= 0.6 is 0 Å². The molecule has 144 valence electrons. The molecule has 2 fully saturated rings. The molecule has 2 aliphatic heterocycles. The van der Waals surface area contributed by atoms with Gasteiger partial charge in [0.25, 0.3) is 0 Å². The van der Waals surface area contributed by atoms with Gasteiger partial charge in [0.05, 0.1) is 27.2 Å². The molecule has 0 spiro atoms. The predicted molar refractivity (Wildman–Crippen MR) is 99.9 cm³/mol. The lowest BCUT2D eigenvalue weighted by molar-refractivity contribution is -0.136. The average Bonchev–Trinajstić information content (AvgIpc) is 3.21. The van der Waals surface area contributed by atoms with Gasteiger partial charge in [-0.15, -0.1) is 0 Å². The number of likely N-dealkylation sites (tertiary alicyclic amines) is 2. The van der Waals surface area contributed by atoms with Crippen molar-refractivity contribution in [2.24, 2.45) is 5.92 Å². The first-order valence-electron chi connectivity index (χ1n) is 9.46. The summed E-state index contributed by atoms with van der Waals surface area (Å²) in [5, 5.41) is 0. The second kappa shape index (κ2) is 8.62. The summed E-state index contributed by atoms with van der Waals surface area (Å²) in [5.74, 6) is 2.42. The van der Waals surface area contributed by atoms with E-state index in [0.29, 0.717) is 23.2 Å². The van der Waals surface area contributed by atoms with Crippen molar-refractivity contribution in [1.29, 1.82) is 0 Å². The van der Waals surface area contributed by atoms with Gasteiger partial charge in [0, 0.05) is 26.2 Å². The Bertz CT molecular complexity index is 603. The third kappa shape index (κ3) is 4.06. The molecule has 1 unspecified atom stereocenters. The van der Waals surface area contributed by atoms with E-state index in [-0.39, 0.29) is 5.92 Å². The highest BCUT2D eigenvalue weighted by Crippen LogP contribution is 2.38. The first kappa shape index (κ1) is 18.8. The van der Waals surface area contributed by atoms with Crippen LogP contribution < -0.4 is 14.2 Å². The van der Waals surface area contributed by atoms with Crippen LogP contribution in [0, 0.1) is 5.92 Å². The Morgan fingerprint density at radius 1 is 1.00 bits per heavy atom. The van der Waals surface area contributed by atoms with Crippen LogP contribution in [0.2, 0.25) is 0 Å². The summed E-state index contributed by atoms with van der Waals surface area (Å²) in [5.41, 5.74) is 1.11. The lowest BCUT2D eigenvalue weighted by Gasteiger charge is -2.34. The van der Waals surface area contributed by atoms with Crippen LogP contribution in [0.5, 0.6) is 17.2 Å². The number of hydrogen-bond donors (Lipinski definition) is 0. The van der Waals surface area contributed by atoms with Gasteiger partial charge in [0.2, 0.25) is 11.7 Å². The van der Waals surface area contributed by atoms with Gasteiger partial charge in [-0.3, -0.25) is 9.69 Å². The van der Waals surface area contributed by atoms with Gasteiger partial charge in [0.1, 0.15) is 0 Å². The molecular formula is C20H30N2O4. The monoisotopic (exact) mass is 362 g/mol. The molecule has 0 bridgehead atoms. The third-order valence-corrected chi connectivity index (χ3v) is 5.40. The molecule has 1 atom stereocenters. The molecule has 26 heavy (non-hydrogen) atoms. The van der Waals surface area contributed by atoms with Crippen LogP contribution in [-0.2, 0) is 11.3 Å². The quantitative estimate of drug-likeness (QED) is 0.778. The standard InChI is InChI=1S/C20H30N2O4/c1-24-17-11-15(12-18(25-2)19(17)26-3)13-21-8-6-7-16(14-21)20(23)22-9-4-5-10-22/h11-12,16H,4-10,13-14H2,1-3H3. The van der Waals surface area contributed by atoms with Crippen molar-refractivity contribution in [3.63, 3.8) is 0 Å². The fourth-order valence-corrected chi connectivity index (χ4v) is 4.08. The highest BCUT2D eigenvalue weighted by molar-refractivity contribution is 5.79. The molecule has 3 rings (SSSR count). The predicted octanol–water partition coefficient (Wildman–Crippen LogP) is 2.55. The number of nitrogens with zero attached hydrogens (tertiary/aromatic N) is 2. The van der Waals surface area contributed by atoms with Crippen LogP contribution in [0.1, 0.15) is 31.2 Å². The fraction of sp³-hybridized carbons (Fsp3) is 0.650. The second-order valence-corrected chi connectivity index (χ2v) is 7.14. The number of methoxy groups -OCH3 is 3. The average molecular weight is 362 g/mol. The Labute approximate surface area is 156 Å². The Morgan fingerprint density at radius 2 is 1.65 bits per heavy atom. The summed E-state index contributed by atoms with van der Waals surface area (Å²) >= 11 is 0. The number of rotatable bonds is 6. The van der Waals surface area contributed by atoms with E-state index in [1.165, 1.54) is 0 Å². The SMILES string of the molecule is COc1cc(CN2CCCC(C(=O)N3CCCC3)C2)cc(OC)c1OC. The maximum atomic E-state index is 12.7. The Balaban J connectivity index is 1.69. The van der Waals surface area contributed by atoms with Crippen LogP contribution in [0.25, 0.3) is 0 Å². The Hall–Kier alpha value is -1.95. The number of benzene rings is 1. The number of carbonyl (C=O) groups excluding carboxylic acids is 1. The van der Waals surface area contributed by atoms with Crippen molar-refractivity contribution in [2.75, 3.05) is 47.5 Å². The van der Waals surface area contributed by atoms with E-state index in [9.17, 15) is 4.79 Å². The fourth-order valence-electron chi connectivity index (χ4n) is 4.08. The van der Waals surface area contributed by atoms with E-state index in [1.54, 1.807) is 21.3 Å². The van der Waals surface area contributed by atoms with Gasteiger partial charge in [-0.05, 0) is 49.9 Å². The minimum absolute atomic E-state index is 0.129. The van der Waals surface area contributed by atoms with Gasteiger partial charge in [-0.1, -0.05) is 0 Å². The largest absolute Gasteiger partial charge is 0.493 e. The minimum atomic E-state index is 0.129. The maximum Gasteiger partial charge on any atom is 0.226 e. The first-order chi connectivity index (χ1) is 12.7. The summed E-state index contributed by atoms with van der Waals surface area (Å²) < 4.78 is 16.3. The van der Waals surface area contributed by atoms with Crippen LogP contribution in [0.3, 0.4) is 0 Å². The Morgan fingerprint density at radius 3 is 2.23 bits per heavy atom. The number of carbonyl (C=O) groups is 1. The summed E-state index contributed by atoms with van der Waals surface area (Å²) in [7, 11) is 4.87. The van der Waals surface area contributed by atoms with E-state index in [1.807, 2.05) is 17.0 Å². The highest BCUT2D eigenvalue weighted by atomic mass is 16.5. The summed E-state index contributed by atoms with van der Waals surface area (Å²) in [6.45, 7) is 4.48. The molecule has 0 radical (unpaired) electrons. The lowest BCUT2D eigenvalue weighted by atomic mass is 9.96. The molecule has 2 heterocycles. The molecule has 2 saturated heterocycles. The summed E-state index contributed by atoms with van der Waals surface area (Å²) in [4.78, 5) is 17.1. The van der Waals surface area contributed by atoms with Crippen LogP contribution in [0.15, 0.2) is 12.1 Å². The van der Waals surface area contributed by atoms with Gasteiger partial charge in [0.15, 0.2) is 11.5 Å². The zero-order valence-electron chi connectivity index (χ0n) is 16.1. The molecule has 2 aliphatic rings. The maximum absolute atomic E-state index is 12.7. The van der Waals surface area contributed by atoms with Gasteiger partial charge < -0.3 is 19.1 Å². The van der Waals surface area contributed by atoms with Crippen molar-refractivity contribution in [3.05, 3.63) is 17.7 Å². The first-order valence-corrected chi connectivity index (χ1v) is 9.46. The molecule has 1 aromatic rings. The van der Waals surface area contributed by atoms with Crippen molar-refractivity contribution in [3.8, 4) is 17.2 Å². The number of piperidine rings is 1. The molecule has 1 amide bonds. The van der Waals surface area contributed by atoms with Crippen molar-refractivity contribution < 1.29 is 19.0 Å². The molecule has 0 saturated carbocycles. The third-order valence-electron chi connectivity index (χ3n) is 5.40. The van der Waals surface area contributed by atoms with E-state index in [0.717, 1.165) is 64.0 Å². The normalized spacial score (nSPS) is 20.9. The van der Waals surface area contributed by atoms with Crippen molar-refractivity contribution in [2.45, 2.75) is 32.2 Å². The van der Waals surface area contributed by atoms with Crippen LogP contribution in [0.4, 0.5) is 0 Å². The minimum Gasteiger partial charge on any atom is -0.493 e. The number of amides is 1. The number of ether oxygens (including phenoxy) is 3. The van der Waals surface area contributed by atoms with Crippen molar-refractivity contribution >= 4 is 5.91 Å². The molecule has 6 nitrogen and oxygen atoms in total. The molecule has 0 aromatic heterocycles. The molecule has 1 aromatic carbocycles. The zero-order chi connectivity index (χ0) is 18.5. The lowest BCUT2D eigenvalue weighted by Crippen LogP contribution is -2.43. The summed E-state index contributed by atoms with van der Waals surface area (Å²) in [6, 6.07) is 3.99. The topological polar surface area (TPSA) is 51.2 Å². The molecule has 0 aliphatic carbocycles. The number of hydrogen-bond acceptors (Lipinski definition) is 5. The smallest absolute Gasteiger partial charge is 0.226 e. The molecule has 0 N–H and O–H groups in total. The van der Waals surface area contributed by atoms with Gasteiger partial charge in [-0.25, -0.2) is 0 Å². The molecule has 6 heteroatoms. The molecular weight excluding hydrogens is 332 g/mol. The van der Waals surface area contributed by atoms with Crippen LogP contribution in [-0.4, -0.2) is 63.2 Å². The van der Waals surface area contributed by atoms with E-state index in [2.05, 4.69) is 4.90 Å². The van der Waals surface area contributed by atoms with E-state index in [4.69, 9.17) is 14.2 Å². The van der Waals surface area contributed by atoms with E-state index >= 15 is 0 Å². The van der Waals surface area contributed by atoms with Gasteiger partial charge >= 0.3 is 0 Å². The van der Waals surface area contributed by atoms with Gasteiger partial charge in [-0.2, -0.15) is 0 Å². The van der Waals surface area contributed by atoms with E-state index < -0.39 is 0 Å². The second-order valence-electron chi connectivity index (χ2n) is 7.14. The van der Waals surface area contributed by atoms with Crippen molar-refractivity contribution in [1.82, 2.24) is 9.80 Å². The zero-order valence-corrected chi connectivity index (χ0v) is 16.1. The summed E-state index contributed by atoms with van der Waals surface area (Å²) in [6.07, 6.45) is 4.36. The highest BCUT2D eigenvalue weighted by Gasteiger charge is 2.30. The Kier molecular flexibility index (Phi) is 6.25.